The van der Waals surface area contributed by atoms with Crippen LogP contribution in [0.5, 0.6) is 0 Å². The summed E-state index contributed by atoms with van der Waals surface area (Å²) in [6.07, 6.45) is 2.18. The second kappa shape index (κ2) is 14.2. The fourth-order valence-electron chi connectivity index (χ4n) is 8.03. The van der Waals surface area contributed by atoms with Crippen LogP contribution in [0.15, 0.2) is 206 Å². The van der Waals surface area contributed by atoms with Crippen molar-refractivity contribution in [3.05, 3.63) is 206 Å². The monoisotopic (exact) mass is 758 g/mol. The van der Waals surface area contributed by atoms with E-state index in [1.807, 2.05) is 72.0 Å². The highest BCUT2D eigenvalue weighted by molar-refractivity contribution is 7.27. The number of rotatable bonds is 7. The predicted molar refractivity (Wildman–Crippen MR) is 242 cm³/mol. The van der Waals surface area contributed by atoms with E-state index < -0.39 is 0 Å². The summed E-state index contributed by atoms with van der Waals surface area (Å²) < 4.78 is 4.86. The Hall–Kier alpha value is -7.47. The lowest BCUT2D eigenvalue weighted by Gasteiger charge is -2.12. The first-order valence-electron chi connectivity index (χ1n) is 19.4. The Labute approximate surface area is 340 Å². The lowest BCUT2D eigenvalue weighted by atomic mass is 9.93. The standard InChI is InChI=1S/C53H34N4S/c1-5-15-35(16-6-1)41-31-42(36-17-7-2-8-18-36)33-43(32-41)45-25-14-26-46-47-28-27-37-29-30-57(48(37)50(47)58-49(45)46)44-24-13-23-40(34-44)53-55-51(38-19-9-3-10-20-38)54-52(56-53)39-21-11-4-12-22-39/h1-34H. The summed E-state index contributed by atoms with van der Waals surface area (Å²) in [7, 11) is 0. The Morgan fingerprint density at radius 2 is 0.845 bits per heavy atom. The minimum Gasteiger partial charge on any atom is -0.315 e. The normalized spacial score (nSPS) is 11.4. The molecule has 0 radical (unpaired) electrons. The van der Waals surface area contributed by atoms with Crippen molar-refractivity contribution in [3.8, 4) is 73.2 Å². The van der Waals surface area contributed by atoms with Gasteiger partial charge in [-0.2, -0.15) is 0 Å². The van der Waals surface area contributed by atoms with Crippen molar-refractivity contribution in [1.82, 2.24) is 19.5 Å². The number of thiophene rings is 1. The molecule has 0 amide bonds. The van der Waals surface area contributed by atoms with Crippen molar-refractivity contribution in [3.63, 3.8) is 0 Å². The van der Waals surface area contributed by atoms with Gasteiger partial charge in [-0.05, 0) is 69.8 Å². The zero-order valence-electron chi connectivity index (χ0n) is 31.3. The third kappa shape index (κ3) is 6.06. The van der Waals surface area contributed by atoms with Crippen LogP contribution in [0.25, 0.3) is 104 Å². The van der Waals surface area contributed by atoms with Gasteiger partial charge in [0.2, 0.25) is 0 Å². The number of nitrogens with zero attached hydrogens (tertiary/aromatic N) is 4. The molecular formula is C53H34N4S. The molecule has 3 heterocycles. The van der Waals surface area contributed by atoms with Crippen molar-refractivity contribution < 1.29 is 0 Å². The van der Waals surface area contributed by atoms with E-state index in [1.165, 1.54) is 64.5 Å². The van der Waals surface area contributed by atoms with E-state index in [9.17, 15) is 0 Å². The van der Waals surface area contributed by atoms with E-state index in [0.717, 1.165) is 22.4 Å². The Morgan fingerprint density at radius 1 is 0.345 bits per heavy atom. The Kier molecular flexibility index (Phi) is 8.30. The summed E-state index contributed by atoms with van der Waals surface area (Å²) in [5.74, 6) is 1.93. The lowest BCUT2D eigenvalue weighted by molar-refractivity contribution is 1.07. The molecule has 11 rings (SSSR count). The number of fused-ring (bicyclic) bond motifs is 5. The molecule has 0 saturated heterocycles. The van der Waals surface area contributed by atoms with Gasteiger partial charge >= 0.3 is 0 Å². The van der Waals surface area contributed by atoms with Crippen molar-refractivity contribution >= 4 is 42.4 Å². The van der Waals surface area contributed by atoms with Crippen molar-refractivity contribution in [2.24, 2.45) is 0 Å². The summed E-state index contributed by atoms with van der Waals surface area (Å²) in [4.78, 5) is 15.0. The van der Waals surface area contributed by atoms with Crippen molar-refractivity contribution in [2.45, 2.75) is 0 Å². The number of hydrogen-bond donors (Lipinski definition) is 0. The summed E-state index contributed by atoms with van der Waals surface area (Å²) >= 11 is 1.88. The van der Waals surface area contributed by atoms with Gasteiger partial charge in [0.1, 0.15) is 0 Å². The van der Waals surface area contributed by atoms with Crippen LogP contribution in [0.4, 0.5) is 0 Å². The maximum Gasteiger partial charge on any atom is 0.164 e. The maximum absolute atomic E-state index is 5.02. The van der Waals surface area contributed by atoms with Crippen LogP contribution in [-0.4, -0.2) is 19.5 Å². The van der Waals surface area contributed by atoms with Crippen molar-refractivity contribution in [1.29, 1.82) is 0 Å². The van der Waals surface area contributed by atoms with Gasteiger partial charge in [-0.25, -0.2) is 15.0 Å². The average molecular weight is 759 g/mol. The highest BCUT2D eigenvalue weighted by atomic mass is 32.1. The van der Waals surface area contributed by atoms with Crippen molar-refractivity contribution in [2.75, 3.05) is 0 Å². The van der Waals surface area contributed by atoms with Gasteiger partial charge < -0.3 is 4.57 Å². The minimum absolute atomic E-state index is 0.635. The fourth-order valence-corrected chi connectivity index (χ4v) is 9.42. The Bertz CT molecular complexity index is 3150. The summed E-state index contributed by atoms with van der Waals surface area (Å²) in [6.45, 7) is 0. The lowest BCUT2D eigenvalue weighted by Crippen LogP contribution is -2.00. The molecule has 0 aliphatic carbocycles. The Balaban J connectivity index is 1.06. The first-order valence-corrected chi connectivity index (χ1v) is 20.2. The van der Waals surface area contributed by atoms with Gasteiger partial charge in [-0.3, -0.25) is 0 Å². The highest BCUT2D eigenvalue weighted by Crippen LogP contribution is 2.45. The zero-order valence-corrected chi connectivity index (χ0v) is 32.1. The molecule has 8 aromatic carbocycles. The predicted octanol–water partition coefficient (Wildman–Crippen LogP) is 14.2. The molecule has 5 heteroatoms. The fraction of sp³-hybridized carbons (Fsp3) is 0. The van der Waals surface area contributed by atoms with Crippen LogP contribution < -0.4 is 0 Å². The topological polar surface area (TPSA) is 43.6 Å². The van der Waals surface area contributed by atoms with E-state index in [0.29, 0.717) is 17.5 Å². The molecular weight excluding hydrogens is 725 g/mol. The van der Waals surface area contributed by atoms with E-state index in [1.54, 1.807) is 0 Å². The largest absolute Gasteiger partial charge is 0.315 e. The number of benzene rings is 8. The highest BCUT2D eigenvalue weighted by Gasteiger charge is 2.18. The van der Waals surface area contributed by atoms with Crippen LogP contribution in [0.3, 0.4) is 0 Å². The quantitative estimate of drug-likeness (QED) is 0.163. The second-order valence-electron chi connectivity index (χ2n) is 14.5. The van der Waals surface area contributed by atoms with E-state index >= 15 is 0 Å². The van der Waals surface area contributed by atoms with Crippen LogP contribution in [0.2, 0.25) is 0 Å². The van der Waals surface area contributed by atoms with Crippen LogP contribution >= 0.6 is 11.3 Å². The van der Waals surface area contributed by atoms with E-state index in [-0.39, 0.29) is 0 Å². The Morgan fingerprint density at radius 3 is 1.45 bits per heavy atom. The van der Waals surface area contributed by atoms with Crippen LogP contribution in [0, 0.1) is 0 Å². The summed E-state index contributed by atoms with van der Waals surface area (Å²) in [6, 6.07) is 70.7. The average Bonchev–Trinajstić information content (AvgIpc) is 3.92. The maximum atomic E-state index is 5.02. The number of hydrogen-bond acceptors (Lipinski definition) is 4. The zero-order chi connectivity index (χ0) is 38.4. The first-order chi connectivity index (χ1) is 28.7. The molecule has 0 unspecified atom stereocenters. The molecule has 58 heavy (non-hydrogen) atoms. The molecule has 3 aromatic heterocycles. The molecule has 272 valence electrons. The molecule has 11 aromatic rings. The molecule has 0 aliphatic rings. The van der Waals surface area contributed by atoms with Gasteiger partial charge in [0.25, 0.3) is 0 Å². The summed E-state index contributed by atoms with van der Waals surface area (Å²) in [5, 5.41) is 3.71. The third-order valence-corrected chi connectivity index (χ3v) is 12.1. The third-order valence-electron chi connectivity index (χ3n) is 10.9. The molecule has 0 bridgehead atoms. The molecule has 0 atom stereocenters. The smallest absolute Gasteiger partial charge is 0.164 e. The molecule has 0 spiro atoms. The molecule has 0 aliphatic heterocycles. The summed E-state index contributed by atoms with van der Waals surface area (Å²) in [5.41, 5.74) is 12.3. The molecule has 0 saturated carbocycles. The van der Waals surface area contributed by atoms with Gasteiger partial charge in [0.15, 0.2) is 17.5 Å². The van der Waals surface area contributed by atoms with Gasteiger partial charge in [0, 0.05) is 49.4 Å². The second-order valence-corrected chi connectivity index (χ2v) is 15.5. The van der Waals surface area contributed by atoms with Gasteiger partial charge in [-0.15, -0.1) is 11.3 Å². The van der Waals surface area contributed by atoms with E-state index in [4.69, 9.17) is 15.0 Å². The van der Waals surface area contributed by atoms with E-state index in [2.05, 4.69) is 150 Å². The van der Waals surface area contributed by atoms with Crippen LogP contribution in [0.1, 0.15) is 0 Å². The van der Waals surface area contributed by atoms with Gasteiger partial charge in [-0.1, -0.05) is 164 Å². The molecule has 4 nitrogen and oxygen atoms in total. The number of aromatic nitrogens is 4. The SMILES string of the molecule is c1ccc(-c2cc(-c3ccccc3)cc(-c3cccc4c3sc3c4ccc4ccn(-c5cccc(-c6nc(-c7ccccc7)nc(-c7ccccc7)n6)c5)c43)c2)cc1. The first kappa shape index (κ1) is 33.8. The van der Waals surface area contributed by atoms with Crippen LogP contribution in [-0.2, 0) is 0 Å². The van der Waals surface area contributed by atoms with Gasteiger partial charge in [0.05, 0.1) is 10.2 Å². The minimum atomic E-state index is 0.635. The molecule has 0 fully saturated rings. The molecule has 0 N–H and O–H groups in total.